The highest BCUT2D eigenvalue weighted by molar-refractivity contribution is 5.96. The molecule has 0 aliphatic carbocycles. The number of carbonyl (C=O) groups excluding carboxylic acids is 1. The van der Waals surface area contributed by atoms with Crippen LogP contribution in [0.5, 0.6) is 0 Å². The van der Waals surface area contributed by atoms with Crippen LogP contribution in [0.1, 0.15) is 6.42 Å². The zero-order valence-electron chi connectivity index (χ0n) is 8.21. The Labute approximate surface area is 89.6 Å². The van der Waals surface area contributed by atoms with Gasteiger partial charge in [0, 0.05) is 31.1 Å². The highest BCUT2D eigenvalue weighted by Gasteiger charge is 2.32. The van der Waals surface area contributed by atoms with Crippen molar-refractivity contribution in [3.8, 4) is 0 Å². The highest BCUT2D eigenvalue weighted by atomic mass is 19.1. The van der Waals surface area contributed by atoms with Gasteiger partial charge >= 0.3 is 0 Å². The van der Waals surface area contributed by atoms with E-state index in [0.29, 0.717) is 12.1 Å². The van der Waals surface area contributed by atoms with Crippen molar-refractivity contribution in [2.45, 2.75) is 12.5 Å². The number of benzene rings is 1. The van der Waals surface area contributed by atoms with Crippen LogP contribution in [0, 0.1) is 17.5 Å². The Morgan fingerprint density at radius 3 is 2.25 bits per heavy atom. The molecule has 1 amide bonds. The Morgan fingerprint density at radius 2 is 1.81 bits per heavy atom. The summed E-state index contributed by atoms with van der Waals surface area (Å²) in [5.41, 5.74) is 4.97. The molecule has 1 aliphatic heterocycles. The summed E-state index contributed by atoms with van der Waals surface area (Å²) < 4.78 is 39.4. The van der Waals surface area contributed by atoms with Gasteiger partial charge < -0.3 is 10.6 Å². The van der Waals surface area contributed by atoms with Crippen molar-refractivity contribution in [3.05, 3.63) is 29.6 Å². The Morgan fingerprint density at radius 1 is 1.25 bits per heavy atom. The maximum atomic E-state index is 13.3. The number of halogens is 3. The van der Waals surface area contributed by atoms with E-state index in [9.17, 15) is 18.0 Å². The largest absolute Gasteiger partial charge is 0.326 e. The summed E-state index contributed by atoms with van der Waals surface area (Å²) in [6.45, 7) is 0.0400. The molecule has 2 N–H and O–H groups in total. The Kier molecular flexibility index (Phi) is 2.59. The van der Waals surface area contributed by atoms with E-state index in [0.717, 1.165) is 4.90 Å². The maximum absolute atomic E-state index is 13.3. The molecule has 1 heterocycles. The molecule has 1 aliphatic rings. The van der Waals surface area contributed by atoms with E-state index in [2.05, 4.69) is 0 Å². The molecule has 0 spiro atoms. The molecule has 0 bridgehead atoms. The lowest BCUT2D eigenvalue weighted by molar-refractivity contribution is -0.117. The standard InChI is InChI=1S/C10H9F3N2O/c11-5-1-7(12)10(8(13)2-5)15-4-6(14)3-9(15)16/h1-2,6H,3-4,14H2. The minimum absolute atomic E-state index is 0.0380. The summed E-state index contributed by atoms with van der Waals surface area (Å²) in [7, 11) is 0. The number of nitrogens with two attached hydrogens (primary N) is 1. The first-order chi connectivity index (χ1) is 7.49. The normalized spacial score (nSPS) is 20.6. The van der Waals surface area contributed by atoms with Gasteiger partial charge in [0.25, 0.3) is 0 Å². The Balaban J connectivity index is 2.44. The molecular formula is C10H9F3N2O. The minimum atomic E-state index is -1.10. The Hall–Kier alpha value is -1.56. The molecule has 86 valence electrons. The molecule has 6 heteroatoms. The van der Waals surface area contributed by atoms with E-state index in [1.807, 2.05) is 0 Å². The van der Waals surface area contributed by atoms with E-state index in [-0.39, 0.29) is 13.0 Å². The van der Waals surface area contributed by atoms with E-state index in [1.54, 1.807) is 0 Å². The van der Waals surface area contributed by atoms with Crippen molar-refractivity contribution in [1.29, 1.82) is 0 Å². The fraction of sp³-hybridized carbons (Fsp3) is 0.300. The SMILES string of the molecule is NC1CC(=O)N(c2c(F)cc(F)cc2F)C1. The van der Waals surface area contributed by atoms with E-state index < -0.39 is 35.1 Å². The first-order valence-electron chi connectivity index (χ1n) is 4.69. The topological polar surface area (TPSA) is 46.3 Å². The van der Waals surface area contributed by atoms with Gasteiger partial charge in [0.15, 0.2) is 11.6 Å². The number of anilines is 1. The van der Waals surface area contributed by atoms with Gasteiger partial charge in [-0.05, 0) is 0 Å². The number of nitrogens with zero attached hydrogens (tertiary/aromatic N) is 1. The van der Waals surface area contributed by atoms with Crippen LogP contribution in [-0.2, 0) is 4.79 Å². The van der Waals surface area contributed by atoms with Crippen LogP contribution in [0.2, 0.25) is 0 Å². The van der Waals surface area contributed by atoms with Crippen LogP contribution in [-0.4, -0.2) is 18.5 Å². The smallest absolute Gasteiger partial charge is 0.228 e. The number of amides is 1. The lowest BCUT2D eigenvalue weighted by Gasteiger charge is -2.17. The lowest BCUT2D eigenvalue weighted by Crippen LogP contribution is -2.29. The summed E-state index contributed by atoms with van der Waals surface area (Å²) in [6, 6.07) is 0.627. The van der Waals surface area contributed by atoms with Gasteiger partial charge in [-0.2, -0.15) is 0 Å². The minimum Gasteiger partial charge on any atom is -0.326 e. The summed E-state index contributed by atoms with van der Waals surface area (Å²) in [5, 5.41) is 0. The van der Waals surface area contributed by atoms with Crippen molar-refractivity contribution in [2.24, 2.45) is 5.73 Å². The average Bonchev–Trinajstić information content (AvgIpc) is 2.43. The van der Waals surface area contributed by atoms with Crippen LogP contribution in [0.4, 0.5) is 18.9 Å². The third-order valence-electron chi connectivity index (χ3n) is 2.41. The second kappa shape index (κ2) is 3.79. The zero-order chi connectivity index (χ0) is 11.9. The predicted molar refractivity (Wildman–Crippen MR) is 51.3 cm³/mol. The molecule has 0 aromatic heterocycles. The van der Waals surface area contributed by atoms with Gasteiger partial charge in [0.2, 0.25) is 5.91 Å². The van der Waals surface area contributed by atoms with Gasteiger partial charge in [-0.15, -0.1) is 0 Å². The van der Waals surface area contributed by atoms with Gasteiger partial charge in [0.05, 0.1) is 0 Å². The van der Waals surface area contributed by atoms with Gasteiger partial charge in [-0.3, -0.25) is 4.79 Å². The average molecular weight is 230 g/mol. The van der Waals surface area contributed by atoms with Crippen LogP contribution >= 0.6 is 0 Å². The summed E-state index contributed by atoms with van der Waals surface area (Å²) >= 11 is 0. The van der Waals surface area contributed by atoms with Crippen LogP contribution in [0.3, 0.4) is 0 Å². The van der Waals surface area contributed by atoms with Crippen molar-refractivity contribution in [1.82, 2.24) is 0 Å². The molecule has 0 saturated carbocycles. The second-order valence-electron chi connectivity index (χ2n) is 3.69. The van der Waals surface area contributed by atoms with Crippen molar-refractivity contribution in [2.75, 3.05) is 11.4 Å². The molecule has 1 unspecified atom stereocenters. The third kappa shape index (κ3) is 1.76. The molecule has 1 aromatic carbocycles. The first-order valence-corrected chi connectivity index (χ1v) is 4.69. The molecule has 1 aromatic rings. The first kappa shape index (κ1) is 10.9. The third-order valence-corrected chi connectivity index (χ3v) is 2.41. The molecular weight excluding hydrogens is 221 g/mol. The number of hydrogen-bond acceptors (Lipinski definition) is 2. The molecule has 2 rings (SSSR count). The van der Waals surface area contributed by atoms with Gasteiger partial charge in [-0.25, -0.2) is 13.2 Å². The molecule has 1 saturated heterocycles. The highest BCUT2D eigenvalue weighted by Crippen LogP contribution is 2.28. The molecule has 1 fully saturated rings. The van der Waals surface area contributed by atoms with E-state index >= 15 is 0 Å². The summed E-state index contributed by atoms with van der Waals surface area (Å²) in [5.74, 6) is -3.67. The van der Waals surface area contributed by atoms with Crippen LogP contribution < -0.4 is 10.6 Å². The monoisotopic (exact) mass is 230 g/mol. The fourth-order valence-electron chi connectivity index (χ4n) is 1.74. The van der Waals surface area contributed by atoms with E-state index in [4.69, 9.17) is 5.73 Å². The summed E-state index contributed by atoms with van der Waals surface area (Å²) in [6.07, 6.45) is 0.0380. The second-order valence-corrected chi connectivity index (χ2v) is 3.69. The molecule has 1 atom stereocenters. The predicted octanol–water partition coefficient (Wildman–Crippen LogP) is 1.17. The van der Waals surface area contributed by atoms with E-state index in [1.165, 1.54) is 0 Å². The Bertz CT molecular complexity index is 427. The fourth-order valence-corrected chi connectivity index (χ4v) is 1.74. The maximum Gasteiger partial charge on any atom is 0.228 e. The molecule has 3 nitrogen and oxygen atoms in total. The quantitative estimate of drug-likeness (QED) is 0.787. The van der Waals surface area contributed by atoms with Crippen LogP contribution in [0.15, 0.2) is 12.1 Å². The van der Waals surface area contributed by atoms with Crippen LogP contribution in [0.25, 0.3) is 0 Å². The van der Waals surface area contributed by atoms with Crippen molar-refractivity contribution < 1.29 is 18.0 Å². The van der Waals surface area contributed by atoms with Gasteiger partial charge in [0.1, 0.15) is 11.5 Å². The van der Waals surface area contributed by atoms with Gasteiger partial charge in [-0.1, -0.05) is 0 Å². The zero-order valence-corrected chi connectivity index (χ0v) is 8.21. The van der Waals surface area contributed by atoms with Crippen molar-refractivity contribution in [3.63, 3.8) is 0 Å². The van der Waals surface area contributed by atoms with Crippen molar-refractivity contribution >= 4 is 11.6 Å². The number of hydrogen-bond donors (Lipinski definition) is 1. The number of carbonyl (C=O) groups is 1. The number of rotatable bonds is 1. The molecule has 0 radical (unpaired) electrons. The summed E-state index contributed by atoms with van der Waals surface area (Å²) in [4.78, 5) is 12.3. The lowest BCUT2D eigenvalue weighted by atomic mass is 10.2. The molecule has 16 heavy (non-hydrogen) atoms.